The lowest BCUT2D eigenvalue weighted by Crippen LogP contribution is -2.29. The first-order valence-electron chi connectivity index (χ1n) is 6.56. The van der Waals surface area contributed by atoms with E-state index in [9.17, 15) is 5.11 Å². The summed E-state index contributed by atoms with van der Waals surface area (Å²) in [6, 6.07) is 0.488. The number of hydrogen-bond acceptors (Lipinski definition) is 6. The summed E-state index contributed by atoms with van der Waals surface area (Å²) in [5.74, 6) is 0.428. The first-order valence-corrected chi connectivity index (χ1v) is 6.93. The third-order valence-electron chi connectivity index (χ3n) is 2.96. The first-order chi connectivity index (χ1) is 9.02. The maximum atomic E-state index is 9.47. The molecule has 7 heteroatoms. The van der Waals surface area contributed by atoms with E-state index in [4.69, 9.17) is 16.3 Å². The zero-order chi connectivity index (χ0) is 13.8. The fourth-order valence-corrected chi connectivity index (χ4v) is 2.22. The minimum atomic E-state index is -0.181. The van der Waals surface area contributed by atoms with Crippen molar-refractivity contribution in [3.63, 3.8) is 0 Å². The van der Waals surface area contributed by atoms with Gasteiger partial charge in [0.05, 0.1) is 12.2 Å². The number of anilines is 1. The SMILES string of the molecule is CC(C)Oc1nc(Cl)nc(NC2CCC(O)CC2)n1. The quantitative estimate of drug-likeness (QED) is 0.881. The van der Waals surface area contributed by atoms with E-state index >= 15 is 0 Å². The van der Waals surface area contributed by atoms with Crippen LogP contribution in [0.5, 0.6) is 6.01 Å². The summed E-state index contributed by atoms with van der Waals surface area (Å²) >= 11 is 5.85. The highest BCUT2D eigenvalue weighted by Crippen LogP contribution is 2.22. The van der Waals surface area contributed by atoms with Crippen LogP contribution in [0.1, 0.15) is 39.5 Å². The van der Waals surface area contributed by atoms with Crippen molar-refractivity contribution in [2.75, 3.05) is 5.32 Å². The van der Waals surface area contributed by atoms with E-state index in [1.807, 2.05) is 13.8 Å². The molecule has 0 unspecified atom stereocenters. The van der Waals surface area contributed by atoms with Crippen LogP contribution in [0.4, 0.5) is 5.95 Å². The number of hydrogen-bond donors (Lipinski definition) is 2. The molecule has 0 bridgehead atoms. The zero-order valence-corrected chi connectivity index (χ0v) is 11.9. The van der Waals surface area contributed by atoms with E-state index < -0.39 is 0 Å². The van der Waals surface area contributed by atoms with Crippen LogP contribution in [0.3, 0.4) is 0 Å². The Bertz CT molecular complexity index is 422. The molecule has 0 amide bonds. The van der Waals surface area contributed by atoms with Crippen LogP contribution in [0.15, 0.2) is 0 Å². The second-order valence-electron chi connectivity index (χ2n) is 5.03. The standard InChI is InChI=1S/C12H19ClN4O2/c1-7(2)19-12-16-10(13)15-11(17-12)14-8-3-5-9(18)6-4-8/h7-9,18H,3-6H2,1-2H3,(H,14,15,16,17). The van der Waals surface area contributed by atoms with Gasteiger partial charge in [0.25, 0.3) is 0 Å². The molecule has 1 aliphatic carbocycles. The number of aliphatic hydroxyl groups is 1. The molecular formula is C12H19ClN4O2. The second-order valence-corrected chi connectivity index (χ2v) is 5.37. The van der Waals surface area contributed by atoms with Crippen LogP contribution >= 0.6 is 11.6 Å². The summed E-state index contributed by atoms with van der Waals surface area (Å²) in [6.45, 7) is 3.79. The average Bonchev–Trinajstić information content (AvgIpc) is 2.30. The molecule has 1 aromatic heterocycles. The maximum Gasteiger partial charge on any atom is 0.322 e. The first kappa shape index (κ1) is 14.3. The Morgan fingerprint density at radius 1 is 1.21 bits per heavy atom. The lowest BCUT2D eigenvalue weighted by Gasteiger charge is -2.26. The Morgan fingerprint density at radius 2 is 1.89 bits per heavy atom. The van der Waals surface area contributed by atoms with E-state index in [1.165, 1.54) is 0 Å². The summed E-state index contributed by atoms with van der Waals surface area (Å²) < 4.78 is 5.42. The number of aromatic nitrogens is 3. The summed E-state index contributed by atoms with van der Waals surface area (Å²) in [7, 11) is 0. The second kappa shape index (κ2) is 6.34. The van der Waals surface area contributed by atoms with Crippen LogP contribution in [0.25, 0.3) is 0 Å². The molecule has 19 heavy (non-hydrogen) atoms. The minimum Gasteiger partial charge on any atom is -0.461 e. The van der Waals surface area contributed by atoms with Gasteiger partial charge in [-0.3, -0.25) is 0 Å². The molecule has 0 spiro atoms. The molecule has 6 nitrogen and oxygen atoms in total. The Morgan fingerprint density at radius 3 is 2.53 bits per heavy atom. The number of aliphatic hydroxyl groups excluding tert-OH is 1. The Hall–Kier alpha value is -1.14. The monoisotopic (exact) mass is 286 g/mol. The molecular weight excluding hydrogens is 268 g/mol. The van der Waals surface area contributed by atoms with Crippen molar-refractivity contribution < 1.29 is 9.84 Å². The lowest BCUT2D eigenvalue weighted by molar-refractivity contribution is 0.126. The molecule has 1 aromatic rings. The van der Waals surface area contributed by atoms with Crippen molar-refractivity contribution in [3.05, 3.63) is 5.28 Å². The van der Waals surface area contributed by atoms with Gasteiger partial charge in [-0.25, -0.2) is 0 Å². The molecule has 0 aromatic carbocycles. The van der Waals surface area contributed by atoms with Gasteiger partial charge >= 0.3 is 6.01 Å². The molecule has 1 heterocycles. The number of ether oxygens (including phenoxy) is 1. The van der Waals surface area contributed by atoms with Crippen LogP contribution < -0.4 is 10.1 Å². The van der Waals surface area contributed by atoms with E-state index in [0.29, 0.717) is 5.95 Å². The van der Waals surface area contributed by atoms with Crippen molar-refractivity contribution in [3.8, 4) is 6.01 Å². The fraction of sp³-hybridized carbons (Fsp3) is 0.750. The summed E-state index contributed by atoms with van der Waals surface area (Å²) in [5, 5.41) is 12.8. The molecule has 1 saturated carbocycles. The third-order valence-corrected chi connectivity index (χ3v) is 3.13. The number of nitrogens with one attached hydrogen (secondary N) is 1. The molecule has 0 aliphatic heterocycles. The van der Waals surface area contributed by atoms with Gasteiger partial charge < -0.3 is 15.2 Å². The van der Waals surface area contributed by atoms with Crippen LogP contribution in [-0.2, 0) is 0 Å². The molecule has 1 fully saturated rings. The van der Waals surface area contributed by atoms with Crippen molar-refractivity contribution >= 4 is 17.5 Å². The van der Waals surface area contributed by atoms with Gasteiger partial charge in [0, 0.05) is 6.04 Å². The lowest BCUT2D eigenvalue weighted by atomic mass is 9.93. The van der Waals surface area contributed by atoms with Crippen molar-refractivity contribution in [1.29, 1.82) is 0 Å². The number of rotatable bonds is 4. The van der Waals surface area contributed by atoms with Gasteiger partial charge in [-0.05, 0) is 51.1 Å². The van der Waals surface area contributed by atoms with E-state index in [-0.39, 0.29) is 29.5 Å². The van der Waals surface area contributed by atoms with Crippen LogP contribution in [0, 0.1) is 0 Å². The van der Waals surface area contributed by atoms with Crippen LogP contribution in [0.2, 0.25) is 5.28 Å². The Kier molecular flexibility index (Phi) is 4.76. The van der Waals surface area contributed by atoms with Crippen molar-refractivity contribution in [2.24, 2.45) is 0 Å². The Labute approximate surface area is 117 Å². The average molecular weight is 287 g/mol. The van der Waals surface area contributed by atoms with Gasteiger partial charge in [0.1, 0.15) is 0 Å². The number of nitrogens with zero attached hydrogens (tertiary/aromatic N) is 3. The molecule has 2 N–H and O–H groups in total. The highest BCUT2D eigenvalue weighted by atomic mass is 35.5. The smallest absolute Gasteiger partial charge is 0.322 e. The Balaban J connectivity index is 2.01. The molecule has 0 radical (unpaired) electrons. The predicted octanol–water partition coefficient (Wildman–Crippen LogP) is 2.03. The number of halogens is 1. The summed E-state index contributed by atoms with van der Waals surface area (Å²) in [4.78, 5) is 12.1. The zero-order valence-electron chi connectivity index (χ0n) is 11.1. The van der Waals surface area contributed by atoms with E-state index in [0.717, 1.165) is 25.7 Å². The fourth-order valence-electron chi connectivity index (χ4n) is 2.06. The summed E-state index contributed by atoms with van der Waals surface area (Å²) in [6.07, 6.45) is 3.18. The van der Waals surface area contributed by atoms with Gasteiger partial charge in [0.2, 0.25) is 11.2 Å². The maximum absolute atomic E-state index is 9.47. The van der Waals surface area contributed by atoms with E-state index in [1.54, 1.807) is 0 Å². The minimum absolute atomic E-state index is 0.0175. The van der Waals surface area contributed by atoms with Gasteiger partial charge in [-0.15, -0.1) is 0 Å². The highest BCUT2D eigenvalue weighted by molar-refractivity contribution is 6.28. The predicted molar refractivity (Wildman–Crippen MR) is 72.5 cm³/mol. The van der Waals surface area contributed by atoms with Gasteiger partial charge in [-0.1, -0.05) is 0 Å². The van der Waals surface area contributed by atoms with Crippen LogP contribution in [-0.4, -0.2) is 38.3 Å². The van der Waals surface area contributed by atoms with E-state index in [2.05, 4.69) is 20.3 Å². The molecule has 1 aliphatic rings. The summed E-state index contributed by atoms with van der Waals surface area (Å²) in [5.41, 5.74) is 0. The largest absolute Gasteiger partial charge is 0.461 e. The molecule has 106 valence electrons. The van der Waals surface area contributed by atoms with Crippen molar-refractivity contribution in [1.82, 2.24) is 15.0 Å². The van der Waals surface area contributed by atoms with Crippen molar-refractivity contribution in [2.45, 2.75) is 57.8 Å². The molecule has 0 saturated heterocycles. The van der Waals surface area contributed by atoms with Gasteiger partial charge in [0.15, 0.2) is 0 Å². The van der Waals surface area contributed by atoms with Gasteiger partial charge in [-0.2, -0.15) is 15.0 Å². The highest BCUT2D eigenvalue weighted by Gasteiger charge is 2.20. The topological polar surface area (TPSA) is 80.2 Å². The molecule has 2 rings (SSSR count). The third kappa shape index (κ3) is 4.47. The molecule has 0 atom stereocenters. The normalized spacial score (nSPS) is 23.4.